The van der Waals surface area contributed by atoms with Gasteiger partial charge in [0.05, 0.1) is 0 Å². The lowest BCUT2D eigenvalue weighted by atomic mass is 9.98. The van der Waals surface area contributed by atoms with Gasteiger partial charge >= 0.3 is 12.1 Å². The minimum atomic E-state index is -1.02. The number of aliphatic carboxylic acids is 1. The number of ether oxygens (including phenoxy) is 1. The quantitative estimate of drug-likeness (QED) is 0.793. The number of carbonyl (C=O) groups excluding carboxylic acids is 2. The first-order chi connectivity index (χ1) is 14.5. The summed E-state index contributed by atoms with van der Waals surface area (Å²) in [6.45, 7) is 2.08. The van der Waals surface area contributed by atoms with E-state index in [1.54, 1.807) is 6.92 Å². The number of carboxylic acids is 1. The molecule has 7 nitrogen and oxygen atoms in total. The molecule has 2 amide bonds. The average molecular weight is 408 g/mol. The predicted octanol–water partition coefficient (Wildman–Crippen LogP) is 2.99. The van der Waals surface area contributed by atoms with E-state index in [1.165, 1.54) is 4.90 Å². The van der Waals surface area contributed by atoms with Crippen molar-refractivity contribution >= 4 is 18.0 Å². The Bertz CT molecular complexity index is 944. The van der Waals surface area contributed by atoms with Gasteiger partial charge in [-0.05, 0) is 42.0 Å². The molecule has 2 N–H and O–H groups in total. The molecule has 2 atom stereocenters. The Labute approximate surface area is 174 Å². The zero-order valence-electron chi connectivity index (χ0n) is 16.7. The number of likely N-dealkylation sites (tertiary alicyclic amines) is 1. The minimum Gasteiger partial charge on any atom is -0.480 e. The molecule has 2 aliphatic rings. The molecule has 1 saturated heterocycles. The number of nitrogens with zero attached hydrogens (tertiary/aromatic N) is 1. The van der Waals surface area contributed by atoms with Crippen molar-refractivity contribution < 1.29 is 24.2 Å². The number of carboxylic acid groups (broad SMARTS) is 1. The van der Waals surface area contributed by atoms with Crippen LogP contribution in [0.25, 0.3) is 11.1 Å². The third kappa shape index (κ3) is 3.63. The zero-order valence-corrected chi connectivity index (χ0v) is 16.7. The largest absolute Gasteiger partial charge is 0.480 e. The van der Waals surface area contributed by atoms with E-state index in [9.17, 15) is 19.5 Å². The Morgan fingerprint density at radius 1 is 1.10 bits per heavy atom. The van der Waals surface area contributed by atoms with E-state index in [1.807, 2.05) is 36.4 Å². The van der Waals surface area contributed by atoms with E-state index in [2.05, 4.69) is 17.4 Å². The molecule has 7 heteroatoms. The highest BCUT2D eigenvalue weighted by Gasteiger charge is 2.36. The molecule has 1 fully saturated rings. The summed E-state index contributed by atoms with van der Waals surface area (Å²) in [5.74, 6) is -1.49. The minimum absolute atomic E-state index is 0.0656. The molecule has 2 aromatic rings. The van der Waals surface area contributed by atoms with Crippen LogP contribution < -0.4 is 5.32 Å². The van der Waals surface area contributed by atoms with Gasteiger partial charge in [-0.2, -0.15) is 0 Å². The van der Waals surface area contributed by atoms with Crippen LogP contribution in [0.3, 0.4) is 0 Å². The van der Waals surface area contributed by atoms with Crippen LogP contribution in [0.5, 0.6) is 0 Å². The maximum atomic E-state index is 12.6. The number of carbonyl (C=O) groups is 3. The van der Waals surface area contributed by atoms with Gasteiger partial charge in [0.2, 0.25) is 5.91 Å². The number of nitrogens with one attached hydrogen (secondary N) is 1. The third-order valence-electron chi connectivity index (χ3n) is 5.87. The van der Waals surface area contributed by atoms with Gasteiger partial charge in [-0.15, -0.1) is 0 Å². The van der Waals surface area contributed by atoms with Crippen LogP contribution >= 0.6 is 0 Å². The van der Waals surface area contributed by atoms with Gasteiger partial charge in [0.25, 0.3) is 0 Å². The fraction of sp³-hybridized carbons (Fsp3) is 0.348. The fourth-order valence-corrected chi connectivity index (χ4v) is 4.41. The molecule has 0 radical (unpaired) electrons. The summed E-state index contributed by atoms with van der Waals surface area (Å²) >= 11 is 0. The molecule has 0 saturated carbocycles. The lowest BCUT2D eigenvalue weighted by Crippen LogP contribution is -2.50. The number of fused-ring (bicyclic) bond motifs is 3. The molecule has 4 rings (SSSR count). The van der Waals surface area contributed by atoms with Crippen molar-refractivity contribution in [3.63, 3.8) is 0 Å². The fourth-order valence-electron chi connectivity index (χ4n) is 4.41. The SMILES string of the molecule is CC(NC(=O)OCC1c2ccccc2-c2ccccc21)C(=O)N1CCCC1C(=O)O. The zero-order chi connectivity index (χ0) is 21.3. The molecule has 30 heavy (non-hydrogen) atoms. The Morgan fingerprint density at radius 3 is 2.30 bits per heavy atom. The Kier molecular flexibility index (Phi) is 5.44. The normalized spacial score (nSPS) is 18.4. The number of alkyl carbamates (subject to hydrolysis) is 1. The molecule has 2 unspecified atom stereocenters. The standard InChI is InChI=1S/C23H24N2O5/c1-14(21(26)25-12-6-11-20(25)22(27)28)24-23(29)30-13-19-17-9-4-2-7-15(17)16-8-3-5-10-18(16)19/h2-5,7-10,14,19-20H,6,11-13H2,1H3,(H,24,29)(H,27,28). The van der Waals surface area contributed by atoms with E-state index >= 15 is 0 Å². The summed E-state index contributed by atoms with van der Waals surface area (Å²) in [6.07, 6.45) is 0.378. The summed E-state index contributed by atoms with van der Waals surface area (Å²) in [5.41, 5.74) is 4.49. The number of benzene rings is 2. The van der Waals surface area contributed by atoms with E-state index in [0.717, 1.165) is 22.3 Å². The van der Waals surface area contributed by atoms with Crippen molar-refractivity contribution in [3.05, 3.63) is 59.7 Å². The van der Waals surface area contributed by atoms with Crippen molar-refractivity contribution in [1.29, 1.82) is 0 Å². The molecule has 156 valence electrons. The van der Waals surface area contributed by atoms with Crippen LogP contribution in [0.2, 0.25) is 0 Å². The van der Waals surface area contributed by atoms with Gasteiger partial charge in [-0.3, -0.25) is 4.79 Å². The van der Waals surface area contributed by atoms with Crippen LogP contribution in [0, 0.1) is 0 Å². The first-order valence-corrected chi connectivity index (χ1v) is 10.1. The van der Waals surface area contributed by atoms with Crippen molar-refractivity contribution in [2.45, 2.75) is 37.8 Å². The van der Waals surface area contributed by atoms with Crippen LogP contribution in [0.1, 0.15) is 36.8 Å². The van der Waals surface area contributed by atoms with Crippen LogP contribution in [0.4, 0.5) is 4.79 Å². The van der Waals surface area contributed by atoms with E-state index in [0.29, 0.717) is 19.4 Å². The predicted molar refractivity (Wildman–Crippen MR) is 110 cm³/mol. The Morgan fingerprint density at radius 2 is 1.70 bits per heavy atom. The first kappa shape index (κ1) is 19.9. The number of rotatable bonds is 5. The summed E-state index contributed by atoms with van der Waals surface area (Å²) in [4.78, 5) is 37.5. The molecule has 1 aliphatic heterocycles. The number of amides is 2. The monoisotopic (exact) mass is 408 g/mol. The van der Waals surface area contributed by atoms with Gasteiger partial charge in [-0.1, -0.05) is 48.5 Å². The highest BCUT2D eigenvalue weighted by Crippen LogP contribution is 2.44. The van der Waals surface area contributed by atoms with Gasteiger partial charge in [0, 0.05) is 12.5 Å². The first-order valence-electron chi connectivity index (χ1n) is 10.1. The lowest BCUT2D eigenvalue weighted by Gasteiger charge is -2.25. The second kappa shape index (κ2) is 8.18. The molecule has 0 spiro atoms. The topological polar surface area (TPSA) is 95.9 Å². The average Bonchev–Trinajstić information content (AvgIpc) is 3.35. The highest BCUT2D eigenvalue weighted by molar-refractivity contribution is 5.89. The second-order valence-electron chi connectivity index (χ2n) is 7.72. The molecule has 0 aromatic heterocycles. The van der Waals surface area contributed by atoms with Crippen LogP contribution in [-0.4, -0.2) is 53.2 Å². The van der Waals surface area contributed by atoms with Gasteiger partial charge in [0.1, 0.15) is 18.7 Å². The van der Waals surface area contributed by atoms with Crippen molar-refractivity contribution in [3.8, 4) is 11.1 Å². The van der Waals surface area contributed by atoms with Gasteiger partial charge in [-0.25, -0.2) is 9.59 Å². The van der Waals surface area contributed by atoms with Crippen molar-refractivity contribution in [2.75, 3.05) is 13.2 Å². The van der Waals surface area contributed by atoms with E-state index in [4.69, 9.17) is 4.74 Å². The smallest absolute Gasteiger partial charge is 0.407 e. The molecular formula is C23H24N2O5. The Balaban J connectivity index is 1.38. The number of hydrogen-bond acceptors (Lipinski definition) is 4. The molecule has 1 heterocycles. The van der Waals surface area contributed by atoms with E-state index < -0.39 is 30.1 Å². The summed E-state index contributed by atoms with van der Waals surface area (Å²) in [7, 11) is 0. The van der Waals surface area contributed by atoms with Gasteiger partial charge < -0.3 is 20.1 Å². The Hall–Kier alpha value is -3.35. The van der Waals surface area contributed by atoms with E-state index in [-0.39, 0.29) is 12.5 Å². The molecule has 0 bridgehead atoms. The van der Waals surface area contributed by atoms with Crippen LogP contribution in [-0.2, 0) is 14.3 Å². The second-order valence-corrected chi connectivity index (χ2v) is 7.72. The van der Waals surface area contributed by atoms with Crippen LogP contribution in [0.15, 0.2) is 48.5 Å². The summed E-state index contributed by atoms with van der Waals surface area (Å²) in [6, 6.07) is 14.4. The molecule has 1 aliphatic carbocycles. The van der Waals surface area contributed by atoms with Crippen molar-refractivity contribution in [1.82, 2.24) is 10.2 Å². The van der Waals surface area contributed by atoms with Crippen molar-refractivity contribution in [2.24, 2.45) is 0 Å². The molecule has 2 aromatic carbocycles. The summed E-state index contributed by atoms with van der Waals surface area (Å²) in [5, 5.41) is 11.8. The summed E-state index contributed by atoms with van der Waals surface area (Å²) < 4.78 is 5.46. The highest BCUT2D eigenvalue weighted by atomic mass is 16.5. The van der Waals surface area contributed by atoms with Gasteiger partial charge in [0.15, 0.2) is 0 Å². The molecular weight excluding hydrogens is 384 g/mol. The maximum Gasteiger partial charge on any atom is 0.407 e. The number of hydrogen-bond donors (Lipinski definition) is 2. The maximum absolute atomic E-state index is 12.6. The third-order valence-corrected chi connectivity index (χ3v) is 5.87. The lowest BCUT2D eigenvalue weighted by molar-refractivity contribution is -0.148.